The van der Waals surface area contributed by atoms with E-state index in [9.17, 15) is 9.18 Å². The van der Waals surface area contributed by atoms with Gasteiger partial charge in [0.15, 0.2) is 0 Å². The van der Waals surface area contributed by atoms with Crippen molar-refractivity contribution in [3.05, 3.63) is 24.0 Å². The minimum Gasteiger partial charge on any atom is -0.372 e. The third-order valence-corrected chi connectivity index (χ3v) is 3.12. The minimum atomic E-state index is -0.295. The van der Waals surface area contributed by atoms with Crippen LogP contribution in [-0.2, 0) is 9.53 Å². The van der Waals surface area contributed by atoms with E-state index in [4.69, 9.17) is 4.74 Å². The van der Waals surface area contributed by atoms with Crippen LogP contribution in [0.4, 0.5) is 15.8 Å². The quantitative estimate of drug-likeness (QED) is 0.889. The van der Waals surface area contributed by atoms with Crippen molar-refractivity contribution in [1.82, 2.24) is 0 Å². The van der Waals surface area contributed by atoms with E-state index in [-0.39, 0.29) is 18.3 Å². The second-order valence-corrected chi connectivity index (χ2v) is 4.55. The molecular weight excluding hydrogens is 247 g/mol. The molecule has 0 radical (unpaired) electrons. The number of nitrogens with zero attached hydrogens (tertiary/aromatic N) is 1. The molecule has 0 spiro atoms. The van der Waals surface area contributed by atoms with E-state index < -0.39 is 0 Å². The van der Waals surface area contributed by atoms with Crippen LogP contribution in [0, 0.1) is 5.82 Å². The van der Waals surface area contributed by atoms with E-state index in [1.54, 1.807) is 12.1 Å². The lowest BCUT2D eigenvalue weighted by Crippen LogP contribution is -2.20. The van der Waals surface area contributed by atoms with Gasteiger partial charge in [0.1, 0.15) is 12.4 Å². The van der Waals surface area contributed by atoms with Gasteiger partial charge in [-0.25, -0.2) is 4.39 Å². The van der Waals surface area contributed by atoms with E-state index in [0.29, 0.717) is 18.0 Å². The maximum absolute atomic E-state index is 14.0. The molecule has 0 aliphatic carbocycles. The summed E-state index contributed by atoms with van der Waals surface area (Å²) in [4.78, 5) is 13.5. The average Bonchev–Trinajstić information content (AvgIpc) is 2.90. The van der Waals surface area contributed by atoms with Crippen LogP contribution < -0.4 is 10.2 Å². The Kier molecular flexibility index (Phi) is 4.74. The lowest BCUT2D eigenvalue weighted by molar-refractivity contribution is -0.120. The third-order valence-electron chi connectivity index (χ3n) is 3.12. The number of nitrogens with one attached hydrogen (secondary N) is 1. The van der Waals surface area contributed by atoms with Gasteiger partial charge in [0.2, 0.25) is 5.91 Å². The van der Waals surface area contributed by atoms with Crippen LogP contribution in [0.15, 0.2) is 18.2 Å². The predicted octanol–water partition coefficient (Wildman–Crippen LogP) is 2.40. The number of anilines is 2. The summed E-state index contributed by atoms with van der Waals surface area (Å²) in [5.41, 5.74) is 1.07. The Hall–Kier alpha value is -1.62. The van der Waals surface area contributed by atoms with Gasteiger partial charge >= 0.3 is 0 Å². The first-order chi connectivity index (χ1) is 9.20. The number of hydrogen-bond donors (Lipinski definition) is 1. The highest BCUT2D eigenvalue weighted by molar-refractivity contribution is 5.91. The lowest BCUT2D eigenvalue weighted by Gasteiger charge is -2.18. The van der Waals surface area contributed by atoms with Gasteiger partial charge < -0.3 is 15.0 Å². The highest BCUT2D eigenvalue weighted by Gasteiger charge is 2.16. The van der Waals surface area contributed by atoms with Gasteiger partial charge in [0.05, 0.1) is 5.69 Å². The van der Waals surface area contributed by atoms with Crippen molar-refractivity contribution in [3.63, 3.8) is 0 Å². The SMILES string of the molecule is CCOCC(=O)Nc1ccc(N2CCCC2)c(F)c1. The van der Waals surface area contributed by atoms with Crippen molar-refractivity contribution < 1.29 is 13.9 Å². The van der Waals surface area contributed by atoms with Crippen LogP contribution in [0.3, 0.4) is 0 Å². The van der Waals surface area contributed by atoms with Crippen molar-refractivity contribution >= 4 is 17.3 Å². The van der Waals surface area contributed by atoms with E-state index in [0.717, 1.165) is 25.9 Å². The number of amides is 1. The molecule has 1 fully saturated rings. The van der Waals surface area contributed by atoms with Crippen LogP contribution in [0.25, 0.3) is 0 Å². The first kappa shape index (κ1) is 13.8. The van der Waals surface area contributed by atoms with Crippen molar-refractivity contribution in [2.24, 2.45) is 0 Å². The summed E-state index contributed by atoms with van der Waals surface area (Å²) in [5.74, 6) is -0.564. The monoisotopic (exact) mass is 266 g/mol. The van der Waals surface area contributed by atoms with E-state index in [1.807, 2.05) is 11.8 Å². The Morgan fingerprint density at radius 1 is 1.42 bits per heavy atom. The maximum Gasteiger partial charge on any atom is 0.250 e. The van der Waals surface area contributed by atoms with Crippen molar-refractivity contribution in [3.8, 4) is 0 Å². The van der Waals surface area contributed by atoms with E-state index in [2.05, 4.69) is 5.32 Å². The zero-order valence-corrected chi connectivity index (χ0v) is 11.1. The lowest BCUT2D eigenvalue weighted by atomic mass is 10.2. The van der Waals surface area contributed by atoms with Crippen molar-refractivity contribution in [2.45, 2.75) is 19.8 Å². The maximum atomic E-state index is 14.0. The minimum absolute atomic E-state index is 0.00794. The number of hydrogen-bond acceptors (Lipinski definition) is 3. The number of ether oxygens (including phenoxy) is 1. The fourth-order valence-electron chi connectivity index (χ4n) is 2.19. The van der Waals surface area contributed by atoms with Gasteiger partial charge in [-0.05, 0) is 38.0 Å². The number of carbonyl (C=O) groups is 1. The first-order valence-electron chi connectivity index (χ1n) is 6.63. The fourth-order valence-corrected chi connectivity index (χ4v) is 2.19. The predicted molar refractivity (Wildman–Crippen MR) is 73.0 cm³/mol. The van der Waals surface area contributed by atoms with Crippen LogP contribution in [0.5, 0.6) is 0 Å². The molecular formula is C14H19FN2O2. The molecule has 0 bridgehead atoms. The Labute approximate surface area is 112 Å². The van der Waals surface area contributed by atoms with Gasteiger partial charge in [-0.1, -0.05) is 0 Å². The summed E-state index contributed by atoms with van der Waals surface area (Å²) in [6.07, 6.45) is 2.21. The van der Waals surface area contributed by atoms with Gasteiger partial charge in [-0.3, -0.25) is 4.79 Å². The zero-order valence-electron chi connectivity index (χ0n) is 11.1. The standard InChI is InChI=1S/C14H19FN2O2/c1-2-19-10-14(18)16-11-5-6-13(12(15)9-11)17-7-3-4-8-17/h5-6,9H,2-4,7-8,10H2,1H3,(H,16,18). The molecule has 1 N–H and O–H groups in total. The molecule has 0 saturated carbocycles. The van der Waals surface area contributed by atoms with Crippen molar-refractivity contribution in [1.29, 1.82) is 0 Å². The van der Waals surface area contributed by atoms with Gasteiger partial charge in [-0.2, -0.15) is 0 Å². The molecule has 1 aliphatic rings. The summed E-state index contributed by atoms with van der Waals surface area (Å²) in [7, 11) is 0. The molecule has 1 saturated heterocycles. The number of benzene rings is 1. The largest absolute Gasteiger partial charge is 0.372 e. The molecule has 2 rings (SSSR count). The number of carbonyl (C=O) groups excluding carboxylic acids is 1. The fraction of sp³-hybridized carbons (Fsp3) is 0.500. The molecule has 1 amide bonds. The van der Waals surface area contributed by atoms with Crippen LogP contribution in [0.2, 0.25) is 0 Å². The summed E-state index contributed by atoms with van der Waals surface area (Å²) < 4.78 is 19.0. The highest BCUT2D eigenvalue weighted by Crippen LogP contribution is 2.25. The van der Waals surface area contributed by atoms with Gasteiger partial charge in [0.25, 0.3) is 0 Å². The smallest absolute Gasteiger partial charge is 0.250 e. The first-order valence-corrected chi connectivity index (χ1v) is 6.63. The summed E-state index contributed by atoms with van der Waals surface area (Å²) in [6, 6.07) is 4.80. The Bertz CT molecular complexity index is 445. The van der Waals surface area contributed by atoms with Gasteiger partial charge in [-0.15, -0.1) is 0 Å². The van der Waals surface area contributed by atoms with E-state index in [1.165, 1.54) is 6.07 Å². The molecule has 104 valence electrons. The second kappa shape index (κ2) is 6.52. The zero-order chi connectivity index (χ0) is 13.7. The highest BCUT2D eigenvalue weighted by atomic mass is 19.1. The Morgan fingerprint density at radius 2 is 2.16 bits per heavy atom. The van der Waals surface area contributed by atoms with Crippen molar-refractivity contribution in [2.75, 3.05) is 36.5 Å². The topological polar surface area (TPSA) is 41.6 Å². The van der Waals surface area contributed by atoms with Gasteiger partial charge in [0, 0.05) is 25.4 Å². The normalized spacial score (nSPS) is 14.7. The summed E-state index contributed by atoms with van der Waals surface area (Å²) >= 11 is 0. The molecule has 1 aliphatic heterocycles. The van der Waals surface area contributed by atoms with Crippen LogP contribution in [0.1, 0.15) is 19.8 Å². The summed E-state index contributed by atoms with van der Waals surface area (Å²) in [5, 5.41) is 2.61. The molecule has 4 nitrogen and oxygen atoms in total. The molecule has 0 atom stereocenters. The molecule has 1 heterocycles. The molecule has 1 aromatic rings. The molecule has 5 heteroatoms. The molecule has 0 unspecified atom stereocenters. The second-order valence-electron chi connectivity index (χ2n) is 4.55. The van der Waals surface area contributed by atoms with E-state index >= 15 is 0 Å². The number of rotatable bonds is 5. The molecule has 1 aromatic carbocycles. The summed E-state index contributed by atoms with van der Waals surface area (Å²) in [6.45, 7) is 4.08. The van der Waals surface area contributed by atoms with Crippen LogP contribution >= 0.6 is 0 Å². The Morgan fingerprint density at radius 3 is 2.79 bits per heavy atom. The number of halogens is 1. The Balaban J connectivity index is 2.00. The molecule has 19 heavy (non-hydrogen) atoms. The average molecular weight is 266 g/mol. The third kappa shape index (κ3) is 3.67. The molecule has 0 aromatic heterocycles. The van der Waals surface area contributed by atoms with Crippen LogP contribution in [-0.4, -0.2) is 32.2 Å².